The third kappa shape index (κ3) is 11.2. The fraction of sp³-hybridized carbons (Fsp3) is 0.684. The molecule has 0 bridgehead atoms. The van der Waals surface area contributed by atoms with Crippen LogP contribution in [-0.4, -0.2) is 23.0 Å². The van der Waals surface area contributed by atoms with E-state index in [1.165, 1.54) is 0 Å². The molecule has 0 heterocycles. The number of hydrogen-bond acceptors (Lipinski definition) is 1. The molecule has 0 aliphatic rings. The molecule has 0 radical (unpaired) electrons. The molecule has 0 saturated carbocycles. The summed E-state index contributed by atoms with van der Waals surface area (Å²) < 4.78 is 7.25. The van der Waals surface area contributed by atoms with Gasteiger partial charge in [-0.15, -0.1) is 11.5 Å². The van der Waals surface area contributed by atoms with Crippen LogP contribution < -0.4 is 0 Å². The van der Waals surface area contributed by atoms with Crippen LogP contribution in [0.15, 0.2) is 22.7 Å². The first-order chi connectivity index (χ1) is 10.2. The molecule has 0 aliphatic heterocycles. The predicted octanol–water partition coefficient (Wildman–Crippen LogP) is 6.75. The first-order valence-electron chi connectivity index (χ1n) is 8.42. The zero-order valence-corrected chi connectivity index (χ0v) is 20.1. The summed E-state index contributed by atoms with van der Waals surface area (Å²) in [6, 6.07) is 0. The highest BCUT2D eigenvalue weighted by Crippen LogP contribution is 2.36. The smallest absolute Gasteiger partial charge is 0.192 e. The summed E-state index contributed by atoms with van der Waals surface area (Å²) in [4.78, 5) is 0. The Hall–Kier alpha value is -0.0862. The SMILES string of the molecule is C[C@@H](/C=C(Br)/C=C/CO[Si](C)(C)C(C)(C)C)CC#C[Si](C)(C)C. The van der Waals surface area contributed by atoms with Crippen molar-refractivity contribution in [2.45, 2.75) is 71.9 Å². The van der Waals surface area contributed by atoms with Gasteiger partial charge in [-0.05, 0) is 24.1 Å². The molecule has 0 spiro atoms. The number of rotatable bonds is 6. The van der Waals surface area contributed by atoms with Gasteiger partial charge in [-0.2, -0.15) is 0 Å². The second kappa shape index (κ2) is 9.41. The van der Waals surface area contributed by atoms with Crippen molar-refractivity contribution in [3.05, 3.63) is 22.7 Å². The Labute approximate surface area is 155 Å². The van der Waals surface area contributed by atoms with Gasteiger partial charge >= 0.3 is 0 Å². The summed E-state index contributed by atoms with van der Waals surface area (Å²) in [5.41, 5.74) is 3.42. The van der Waals surface area contributed by atoms with Crippen LogP contribution in [0, 0.1) is 17.4 Å². The summed E-state index contributed by atoms with van der Waals surface area (Å²) in [5.74, 6) is 3.79. The van der Waals surface area contributed by atoms with Crippen LogP contribution >= 0.6 is 15.9 Å². The Bertz CT molecular complexity index is 482. The zero-order valence-electron chi connectivity index (χ0n) is 16.5. The van der Waals surface area contributed by atoms with Crippen LogP contribution in [0.1, 0.15) is 34.1 Å². The molecule has 0 unspecified atom stereocenters. The van der Waals surface area contributed by atoms with Crippen molar-refractivity contribution >= 4 is 32.3 Å². The van der Waals surface area contributed by atoms with Gasteiger partial charge in [-0.25, -0.2) is 0 Å². The molecule has 0 aromatic heterocycles. The maximum absolute atomic E-state index is 6.14. The lowest BCUT2D eigenvalue weighted by Crippen LogP contribution is -2.40. The van der Waals surface area contributed by atoms with Crippen LogP contribution in [0.25, 0.3) is 0 Å². The molecule has 1 atom stereocenters. The minimum Gasteiger partial charge on any atom is -0.413 e. The van der Waals surface area contributed by atoms with Crippen molar-refractivity contribution in [2.75, 3.05) is 6.61 Å². The Morgan fingerprint density at radius 3 is 2.22 bits per heavy atom. The Kier molecular flexibility index (Phi) is 9.38. The van der Waals surface area contributed by atoms with Crippen molar-refractivity contribution in [1.29, 1.82) is 0 Å². The second-order valence-corrected chi connectivity index (χ2v) is 19.2. The fourth-order valence-electron chi connectivity index (χ4n) is 1.50. The molecule has 0 N–H and O–H groups in total. The minimum atomic E-state index is -1.64. The quantitative estimate of drug-likeness (QED) is 0.265. The van der Waals surface area contributed by atoms with E-state index in [1.54, 1.807) is 0 Å². The highest BCUT2D eigenvalue weighted by Gasteiger charge is 2.36. The summed E-state index contributed by atoms with van der Waals surface area (Å²) in [5, 5.41) is 0.261. The first-order valence-corrected chi connectivity index (χ1v) is 15.6. The van der Waals surface area contributed by atoms with E-state index in [9.17, 15) is 0 Å². The van der Waals surface area contributed by atoms with Gasteiger partial charge in [0.1, 0.15) is 8.07 Å². The van der Waals surface area contributed by atoms with E-state index in [1.807, 2.05) is 0 Å². The first kappa shape index (κ1) is 22.9. The van der Waals surface area contributed by atoms with Crippen LogP contribution in [0.5, 0.6) is 0 Å². The molecule has 132 valence electrons. The van der Waals surface area contributed by atoms with E-state index in [0.717, 1.165) is 10.9 Å². The predicted molar refractivity (Wildman–Crippen MR) is 114 cm³/mol. The minimum absolute atomic E-state index is 0.261. The Balaban J connectivity index is 4.41. The van der Waals surface area contributed by atoms with Gasteiger partial charge in [0.15, 0.2) is 8.32 Å². The van der Waals surface area contributed by atoms with Crippen LogP contribution in [0.3, 0.4) is 0 Å². The topological polar surface area (TPSA) is 9.23 Å². The van der Waals surface area contributed by atoms with Gasteiger partial charge in [-0.3, -0.25) is 0 Å². The standard InChI is InChI=1S/C19H35BrOSi2/c1-17(12-11-15-22(5,6)7)16-18(20)13-10-14-21-23(8,9)19(2,3)4/h10,13,16-17H,12,14H2,1-9H3/b13-10+,18-16-/t17-/m1/s1. The molecule has 4 heteroatoms. The molecule has 0 aliphatic carbocycles. The summed E-state index contributed by atoms with van der Waals surface area (Å²) in [6.45, 7) is 21.1. The second-order valence-electron chi connectivity index (χ2n) is 8.76. The highest BCUT2D eigenvalue weighted by molar-refractivity contribution is 9.11. The normalized spacial score (nSPS) is 15.5. The average molecular weight is 416 g/mol. The van der Waals surface area contributed by atoms with Gasteiger partial charge in [0.2, 0.25) is 0 Å². The highest BCUT2D eigenvalue weighted by atomic mass is 79.9. The molecule has 23 heavy (non-hydrogen) atoms. The maximum Gasteiger partial charge on any atom is 0.192 e. The number of hydrogen-bond donors (Lipinski definition) is 0. The number of allylic oxidation sites excluding steroid dienone is 3. The third-order valence-corrected chi connectivity index (χ3v) is 9.91. The van der Waals surface area contributed by atoms with E-state index in [0.29, 0.717) is 12.5 Å². The van der Waals surface area contributed by atoms with Crippen LogP contribution in [0.2, 0.25) is 37.8 Å². The van der Waals surface area contributed by atoms with Gasteiger partial charge in [0.05, 0.1) is 6.61 Å². The van der Waals surface area contributed by atoms with Crippen molar-refractivity contribution in [2.24, 2.45) is 5.92 Å². The molecule has 0 rings (SSSR count). The summed E-state index contributed by atoms with van der Waals surface area (Å²) in [6.07, 6.45) is 7.34. The lowest BCUT2D eigenvalue weighted by atomic mass is 10.1. The van der Waals surface area contributed by atoms with Gasteiger partial charge in [-0.1, -0.05) is 81.5 Å². The van der Waals surface area contributed by atoms with E-state index in [2.05, 4.69) is 106 Å². The van der Waals surface area contributed by atoms with Gasteiger partial charge in [0, 0.05) is 10.9 Å². The molecule has 0 saturated heterocycles. The lowest BCUT2D eigenvalue weighted by Gasteiger charge is -2.35. The molecule has 0 fully saturated rings. The molecule has 0 aromatic rings. The molecular weight excluding hydrogens is 380 g/mol. The van der Waals surface area contributed by atoms with Crippen molar-refractivity contribution in [3.8, 4) is 11.5 Å². The van der Waals surface area contributed by atoms with E-state index in [-0.39, 0.29) is 5.04 Å². The summed E-state index contributed by atoms with van der Waals surface area (Å²) >= 11 is 3.62. The maximum atomic E-state index is 6.14. The van der Waals surface area contributed by atoms with E-state index < -0.39 is 16.4 Å². The zero-order chi connectivity index (χ0) is 18.3. The van der Waals surface area contributed by atoms with Crippen molar-refractivity contribution < 1.29 is 4.43 Å². The Morgan fingerprint density at radius 1 is 1.17 bits per heavy atom. The molecule has 0 aromatic carbocycles. The Morgan fingerprint density at radius 2 is 1.74 bits per heavy atom. The molecule has 1 nitrogen and oxygen atoms in total. The monoisotopic (exact) mass is 414 g/mol. The van der Waals surface area contributed by atoms with E-state index >= 15 is 0 Å². The van der Waals surface area contributed by atoms with Gasteiger partial charge in [0.25, 0.3) is 0 Å². The van der Waals surface area contributed by atoms with E-state index in [4.69, 9.17) is 4.43 Å². The fourth-order valence-corrected chi connectivity index (χ4v) is 3.71. The number of halogens is 1. The third-order valence-electron chi connectivity index (χ3n) is 3.95. The molecular formula is C19H35BrOSi2. The van der Waals surface area contributed by atoms with Crippen LogP contribution in [-0.2, 0) is 4.43 Å². The summed E-state index contributed by atoms with van der Waals surface area (Å²) in [7, 11) is -2.89. The van der Waals surface area contributed by atoms with Crippen molar-refractivity contribution in [1.82, 2.24) is 0 Å². The average Bonchev–Trinajstić information content (AvgIpc) is 2.31. The van der Waals surface area contributed by atoms with Crippen LogP contribution in [0.4, 0.5) is 0 Å². The lowest BCUT2D eigenvalue weighted by molar-refractivity contribution is 0.328. The van der Waals surface area contributed by atoms with Gasteiger partial charge < -0.3 is 4.43 Å². The van der Waals surface area contributed by atoms with Crippen molar-refractivity contribution in [3.63, 3.8) is 0 Å². The molecule has 0 amide bonds. The largest absolute Gasteiger partial charge is 0.413 e.